The van der Waals surface area contributed by atoms with Gasteiger partial charge in [0.25, 0.3) is 5.91 Å². The smallest absolute Gasteiger partial charge is 0.335 e. The number of alkyl halides is 3. The molecule has 1 amide bonds. The molecule has 29 heavy (non-hydrogen) atoms. The molecule has 3 nitrogen and oxygen atoms in total. The fraction of sp³-hybridized carbons (Fsp3) is 0.136. The quantitative estimate of drug-likeness (QED) is 0.413. The number of carbonyl (C=O) groups excluding carboxylic acids is 1. The Morgan fingerprint density at radius 1 is 1.00 bits per heavy atom. The van der Waals surface area contributed by atoms with Gasteiger partial charge in [0.2, 0.25) is 0 Å². The van der Waals surface area contributed by atoms with E-state index in [0.29, 0.717) is 12.2 Å². The zero-order chi connectivity index (χ0) is 20.4. The summed E-state index contributed by atoms with van der Waals surface area (Å²) in [7, 11) is 0. The van der Waals surface area contributed by atoms with Gasteiger partial charge in [-0.1, -0.05) is 36.4 Å². The number of hydrogen-bond acceptors (Lipinski definition) is 2. The van der Waals surface area contributed by atoms with E-state index in [0.717, 1.165) is 34.3 Å². The Labute approximate surface area is 169 Å². The molecular formula is C22H17F3N2OS. The molecule has 0 aliphatic carbocycles. The number of nitrogens with one attached hydrogen (secondary N) is 1. The third-order valence-corrected chi connectivity index (χ3v) is 5.52. The summed E-state index contributed by atoms with van der Waals surface area (Å²) in [6, 6.07) is 18.3. The molecule has 0 saturated carbocycles. The lowest BCUT2D eigenvalue weighted by Gasteiger charge is -2.12. The Bertz CT molecular complexity index is 1150. The maximum atomic E-state index is 12.9. The minimum absolute atomic E-state index is 0.115. The van der Waals surface area contributed by atoms with E-state index < -0.39 is 17.6 Å². The van der Waals surface area contributed by atoms with Crippen molar-refractivity contribution in [2.24, 2.45) is 0 Å². The molecule has 2 aromatic carbocycles. The highest BCUT2D eigenvalue weighted by Gasteiger charge is 2.30. The van der Waals surface area contributed by atoms with Crippen molar-refractivity contribution in [1.29, 1.82) is 0 Å². The Balaban J connectivity index is 1.60. The van der Waals surface area contributed by atoms with Crippen LogP contribution in [-0.2, 0) is 19.1 Å². The zero-order valence-electron chi connectivity index (χ0n) is 15.2. The van der Waals surface area contributed by atoms with Crippen LogP contribution in [0.4, 0.5) is 18.9 Å². The first-order valence-electron chi connectivity index (χ1n) is 9.01. The van der Waals surface area contributed by atoms with E-state index in [2.05, 4.69) is 5.32 Å². The summed E-state index contributed by atoms with van der Waals surface area (Å²) in [5.41, 5.74) is 1.84. The van der Waals surface area contributed by atoms with Crippen LogP contribution in [0.15, 0.2) is 72.1 Å². The van der Waals surface area contributed by atoms with Gasteiger partial charge in [0.05, 0.1) is 15.8 Å². The Hall–Kier alpha value is -3.06. The molecule has 0 bridgehead atoms. The lowest BCUT2D eigenvalue weighted by atomic mass is 10.1. The van der Waals surface area contributed by atoms with Gasteiger partial charge in [-0.05, 0) is 47.7 Å². The molecule has 0 aliphatic rings. The van der Waals surface area contributed by atoms with Crippen molar-refractivity contribution < 1.29 is 18.0 Å². The van der Waals surface area contributed by atoms with Gasteiger partial charge in [0, 0.05) is 12.2 Å². The van der Waals surface area contributed by atoms with Crippen molar-refractivity contribution >= 4 is 33.1 Å². The number of rotatable bonds is 5. The SMILES string of the molecule is O=C(Nc1cccc(C(F)(F)F)c1)c1cc2sccc2n1CCc1ccccc1. The van der Waals surface area contributed by atoms with Gasteiger partial charge >= 0.3 is 6.18 Å². The van der Waals surface area contributed by atoms with Crippen LogP contribution < -0.4 is 5.32 Å². The van der Waals surface area contributed by atoms with E-state index in [1.807, 2.05) is 46.3 Å². The van der Waals surface area contributed by atoms with Gasteiger partial charge in [0.1, 0.15) is 5.69 Å². The molecule has 148 valence electrons. The average Bonchev–Trinajstić information content (AvgIpc) is 3.28. The molecule has 2 aromatic heterocycles. The van der Waals surface area contributed by atoms with E-state index >= 15 is 0 Å². The molecule has 0 fully saturated rings. The number of halogens is 3. The highest BCUT2D eigenvalue weighted by atomic mass is 32.1. The number of aryl methyl sites for hydroxylation is 2. The number of nitrogens with zero attached hydrogens (tertiary/aromatic N) is 1. The van der Waals surface area contributed by atoms with E-state index in [1.54, 1.807) is 6.07 Å². The summed E-state index contributed by atoms with van der Waals surface area (Å²) in [6.45, 7) is 0.593. The van der Waals surface area contributed by atoms with Crippen LogP contribution >= 0.6 is 11.3 Å². The summed E-state index contributed by atoms with van der Waals surface area (Å²) < 4.78 is 41.7. The van der Waals surface area contributed by atoms with Gasteiger partial charge < -0.3 is 9.88 Å². The molecule has 7 heteroatoms. The maximum absolute atomic E-state index is 12.9. The zero-order valence-corrected chi connectivity index (χ0v) is 16.1. The molecular weight excluding hydrogens is 397 g/mol. The van der Waals surface area contributed by atoms with Crippen LogP contribution in [0.2, 0.25) is 0 Å². The summed E-state index contributed by atoms with van der Waals surface area (Å²) >= 11 is 1.52. The van der Waals surface area contributed by atoms with Gasteiger partial charge in [-0.2, -0.15) is 13.2 Å². The highest BCUT2D eigenvalue weighted by Crippen LogP contribution is 2.31. The number of amides is 1. The van der Waals surface area contributed by atoms with Gasteiger partial charge in [0.15, 0.2) is 0 Å². The van der Waals surface area contributed by atoms with Crippen molar-refractivity contribution in [3.8, 4) is 0 Å². The number of hydrogen-bond donors (Lipinski definition) is 1. The van der Waals surface area contributed by atoms with Crippen molar-refractivity contribution in [3.63, 3.8) is 0 Å². The summed E-state index contributed by atoms with van der Waals surface area (Å²) in [5.74, 6) is -0.430. The second-order valence-corrected chi connectivity index (χ2v) is 7.57. The Kier molecular flexibility index (Phi) is 5.15. The molecule has 0 aliphatic heterocycles. The Morgan fingerprint density at radius 3 is 2.55 bits per heavy atom. The molecule has 1 N–H and O–H groups in total. The molecule has 0 saturated heterocycles. The fourth-order valence-corrected chi connectivity index (χ4v) is 4.08. The first kappa shape index (κ1) is 19.3. The summed E-state index contributed by atoms with van der Waals surface area (Å²) in [4.78, 5) is 12.9. The van der Waals surface area contributed by atoms with Crippen LogP contribution in [0, 0.1) is 0 Å². The average molecular weight is 414 g/mol. The molecule has 2 heterocycles. The highest BCUT2D eigenvalue weighted by molar-refractivity contribution is 7.17. The van der Waals surface area contributed by atoms with Crippen molar-refractivity contribution in [2.75, 3.05) is 5.32 Å². The first-order valence-corrected chi connectivity index (χ1v) is 9.89. The summed E-state index contributed by atoms with van der Waals surface area (Å²) in [6.07, 6.45) is -3.72. The summed E-state index contributed by atoms with van der Waals surface area (Å²) in [5, 5.41) is 4.56. The van der Waals surface area contributed by atoms with E-state index in [1.165, 1.54) is 23.5 Å². The Morgan fingerprint density at radius 2 is 1.79 bits per heavy atom. The first-order chi connectivity index (χ1) is 13.9. The normalized spacial score (nSPS) is 11.7. The molecule has 0 radical (unpaired) electrons. The van der Waals surface area contributed by atoms with Crippen LogP contribution in [0.3, 0.4) is 0 Å². The number of anilines is 1. The number of thiophene rings is 1. The van der Waals surface area contributed by atoms with Crippen molar-refractivity contribution in [1.82, 2.24) is 4.57 Å². The number of aromatic nitrogens is 1. The van der Waals surface area contributed by atoms with Gasteiger partial charge in [-0.3, -0.25) is 4.79 Å². The van der Waals surface area contributed by atoms with Crippen molar-refractivity contribution in [3.05, 3.63) is 88.9 Å². The predicted molar refractivity (Wildman–Crippen MR) is 109 cm³/mol. The van der Waals surface area contributed by atoms with Crippen LogP contribution in [-0.4, -0.2) is 10.5 Å². The van der Waals surface area contributed by atoms with E-state index in [-0.39, 0.29) is 5.69 Å². The monoisotopic (exact) mass is 414 g/mol. The standard InChI is InChI=1S/C22H17F3N2OS/c23-22(24,25)16-7-4-8-17(13-16)26-21(28)19-14-20-18(10-12-29-20)27(19)11-9-15-5-2-1-3-6-15/h1-8,10,12-14H,9,11H2,(H,26,28). The second-order valence-electron chi connectivity index (χ2n) is 6.62. The third-order valence-electron chi connectivity index (χ3n) is 4.67. The van der Waals surface area contributed by atoms with E-state index in [4.69, 9.17) is 0 Å². The van der Waals surface area contributed by atoms with Crippen LogP contribution in [0.25, 0.3) is 10.2 Å². The molecule has 0 atom stereocenters. The minimum atomic E-state index is -4.46. The topological polar surface area (TPSA) is 34.0 Å². The maximum Gasteiger partial charge on any atom is 0.416 e. The lowest BCUT2D eigenvalue weighted by molar-refractivity contribution is -0.137. The lowest BCUT2D eigenvalue weighted by Crippen LogP contribution is -2.18. The minimum Gasteiger partial charge on any atom is -0.335 e. The van der Waals surface area contributed by atoms with E-state index in [9.17, 15) is 18.0 Å². The van der Waals surface area contributed by atoms with Gasteiger partial charge in [-0.25, -0.2) is 0 Å². The van der Waals surface area contributed by atoms with Gasteiger partial charge in [-0.15, -0.1) is 11.3 Å². The second kappa shape index (κ2) is 7.75. The van der Waals surface area contributed by atoms with Crippen LogP contribution in [0.5, 0.6) is 0 Å². The van der Waals surface area contributed by atoms with Crippen molar-refractivity contribution in [2.45, 2.75) is 19.1 Å². The molecule has 0 unspecified atom stereocenters. The number of benzene rings is 2. The third kappa shape index (κ3) is 4.19. The predicted octanol–water partition coefficient (Wildman–Crippen LogP) is 6.22. The number of carbonyl (C=O) groups is 1. The molecule has 4 aromatic rings. The number of fused-ring (bicyclic) bond motifs is 1. The van der Waals surface area contributed by atoms with Crippen LogP contribution in [0.1, 0.15) is 21.6 Å². The molecule has 4 rings (SSSR count). The molecule has 0 spiro atoms. The fourth-order valence-electron chi connectivity index (χ4n) is 3.26. The largest absolute Gasteiger partial charge is 0.416 e.